The molecule has 3 aliphatic rings. The van der Waals surface area contributed by atoms with Gasteiger partial charge >= 0.3 is 0 Å². The zero-order valence-electron chi connectivity index (χ0n) is 16.0. The molecule has 2 aromatic rings. The van der Waals surface area contributed by atoms with Crippen molar-refractivity contribution in [3.63, 3.8) is 0 Å². The Labute approximate surface area is 168 Å². The topological polar surface area (TPSA) is 93.9 Å². The predicted octanol–water partition coefficient (Wildman–Crippen LogP) is 2.29. The minimum atomic E-state index is -0.220. The van der Waals surface area contributed by atoms with E-state index in [0.717, 1.165) is 43.4 Å². The number of aromatic nitrogens is 1. The van der Waals surface area contributed by atoms with E-state index in [1.165, 1.54) is 12.7 Å². The van der Waals surface area contributed by atoms with E-state index in [1.807, 2.05) is 18.2 Å². The largest absolute Gasteiger partial charge is 0.454 e. The van der Waals surface area contributed by atoms with Crippen LogP contribution in [0.4, 0.5) is 0 Å². The molecule has 0 saturated carbocycles. The molecular formula is C21H23N3O5. The molecule has 1 unspecified atom stereocenters. The summed E-state index contributed by atoms with van der Waals surface area (Å²) < 4.78 is 15.7. The van der Waals surface area contributed by atoms with Gasteiger partial charge in [0.25, 0.3) is 5.91 Å². The minimum Gasteiger partial charge on any atom is -0.454 e. The first kappa shape index (κ1) is 18.0. The zero-order chi connectivity index (χ0) is 19.8. The van der Waals surface area contributed by atoms with Crippen molar-refractivity contribution in [3.8, 4) is 11.5 Å². The Kier molecular flexibility index (Phi) is 4.61. The molecular weight excluding hydrogens is 374 g/mol. The summed E-state index contributed by atoms with van der Waals surface area (Å²) in [6.45, 7) is 0.227. The number of fused-ring (bicyclic) bond motifs is 3. The highest BCUT2D eigenvalue weighted by atomic mass is 16.7. The van der Waals surface area contributed by atoms with Crippen molar-refractivity contribution >= 4 is 11.8 Å². The highest BCUT2D eigenvalue weighted by molar-refractivity contribution is 5.92. The molecule has 2 amide bonds. The van der Waals surface area contributed by atoms with Crippen LogP contribution in [0.25, 0.3) is 0 Å². The van der Waals surface area contributed by atoms with Crippen LogP contribution in [0.1, 0.15) is 48.2 Å². The molecule has 2 bridgehead atoms. The number of carbonyl (C=O) groups is 2. The van der Waals surface area contributed by atoms with Crippen LogP contribution in [0.5, 0.6) is 11.5 Å². The summed E-state index contributed by atoms with van der Waals surface area (Å²) in [7, 11) is 0. The van der Waals surface area contributed by atoms with Crippen molar-refractivity contribution in [1.29, 1.82) is 0 Å². The van der Waals surface area contributed by atoms with Crippen molar-refractivity contribution in [3.05, 3.63) is 42.1 Å². The van der Waals surface area contributed by atoms with Crippen molar-refractivity contribution in [2.75, 3.05) is 6.79 Å². The lowest BCUT2D eigenvalue weighted by Gasteiger charge is -2.49. The molecule has 8 nitrogen and oxygen atoms in total. The van der Waals surface area contributed by atoms with E-state index in [1.54, 1.807) is 0 Å². The predicted molar refractivity (Wildman–Crippen MR) is 102 cm³/mol. The number of nitrogens with one attached hydrogen (secondary N) is 1. The number of hydrogen-bond donors (Lipinski definition) is 1. The third-order valence-corrected chi connectivity index (χ3v) is 6.06. The number of hydrogen-bond acceptors (Lipinski definition) is 6. The van der Waals surface area contributed by atoms with E-state index < -0.39 is 0 Å². The molecule has 0 radical (unpaired) electrons. The van der Waals surface area contributed by atoms with Gasteiger partial charge in [-0.25, -0.2) is 4.98 Å². The molecule has 152 valence electrons. The quantitative estimate of drug-likeness (QED) is 0.851. The van der Waals surface area contributed by atoms with Crippen LogP contribution in [0, 0.1) is 0 Å². The number of benzene rings is 1. The van der Waals surface area contributed by atoms with Crippen molar-refractivity contribution in [2.45, 2.75) is 56.7 Å². The van der Waals surface area contributed by atoms with Crippen LogP contribution in [-0.4, -0.2) is 46.6 Å². The number of carbonyl (C=O) groups excluding carboxylic acids is 2. The van der Waals surface area contributed by atoms with E-state index >= 15 is 0 Å². The van der Waals surface area contributed by atoms with Gasteiger partial charge in [-0.3, -0.25) is 9.59 Å². The average Bonchev–Trinajstić information content (AvgIpc) is 3.39. The maximum Gasteiger partial charge on any atom is 0.273 e. The van der Waals surface area contributed by atoms with Gasteiger partial charge in [-0.2, -0.15) is 0 Å². The number of ether oxygens (including phenoxy) is 2. The van der Waals surface area contributed by atoms with Crippen LogP contribution in [0.3, 0.4) is 0 Å². The summed E-state index contributed by atoms with van der Waals surface area (Å²) in [6, 6.07) is 6.03. The molecule has 1 aromatic heterocycles. The molecule has 0 spiro atoms. The summed E-state index contributed by atoms with van der Waals surface area (Å²) >= 11 is 0. The second-order valence-corrected chi connectivity index (χ2v) is 7.92. The molecule has 3 aliphatic heterocycles. The SMILES string of the molecule is O=C(NC1C[C@H]2CCC[C@@H](C1)N2C(=O)Cc1ccc2c(c1)OCO2)c1cocn1. The summed E-state index contributed by atoms with van der Waals surface area (Å²) in [5.41, 5.74) is 1.22. The molecule has 1 aromatic carbocycles. The van der Waals surface area contributed by atoms with Crippen LogP contribution in [0.2, 0.25) is 0 Å². The maximum atomic E-state index is 13.1. The molecule has 1 N–H and O–H groups in total. The van der Waals surface area contributed by atoms with Gasteiger partial charge < -0.3 is 24.1 Å². The Hall–Kier alpha value is -3.03. The smallest absolute Gasteiger partial charge is 0.273 e. The lowest BCUT2D eigenvalue weighted by atomic mass is 9.81. The molecule has 2 saturated heterocycles. The van der Waals surface area contributed by atoms with Crippen LogP contribution < -0.4 is 14.8 Å². The van der Waals surface area contributed by atoms with E-state index in [9.17, 15) is 9.59 Å². The van der Waals surface area contributed by atoms with Gasteiger partial charge in [0, 0.05) is 18.1 Å². The van der Waals surface area contributed by atoms with Gasteiger partial charge in [0.05, 0.1) is 6.42 Å². The fourth-order valence-electron chi connectivity index (χ4n) is 4.81. The summed E-state index contributed by atoms with van der Waals surface area (Å²) in [6.07, 6.45) is 7.55. The fourth-order valence-corrected chi connectivity index (χ4v) is 4.81. The van der Waals surface area contributed by atoms with E-state index in [0.29, 0.717) is 12.2 Å². The van der Waals surface area contributed by atoms with Crippen molar-refractivity contribution < 1.29 is 23.5 Å². The first-order valence-electron chi connectivity index (χ1n) is 10.1. The minimum absolute atomic E-state index is 0.0455. The third kappa shape index (κ3) is 3.54. The van der Waals surface area contributed by atoms with Gasteiger partial charge in [-0.05, 0) is 49.8 Å². The summed E-state index contributed by atoms with van der Waals surface area (Å²) in [4.78, 5) is 31.4. The fraction of sp³-hybridized carbons (Fsp3) is 0.476. The first-order valence-corrected chi connectivity index (χ1v) is 10.1. The molecule has 4 heterocycles. The van der Waals surface area contributed by atoms with Gasteiger partial charge in [-0.1, -0.05) is 6.07 Å². The lowest BCUT2D eigenvalue weighted by Crippen LogP contribution is -2.59. The van der Waals surface area contributed by atoms with Gasteiger partial charge in [-0.15, -0.1) is 0 Å². The summed E-state index contributed by atoms with van der Waals surface area (Å²) in [5, 5.41) is 3.06. The Bertz CT molecular complexity index is 899. The van der Waals surface area contributed by atoms with Crippen LogP contribution in [0.15, 0.2) is 35.3 Å². The Morgan fingerprint density at radius 3 is 2.69 bits per heavy atom. The number of piperidine rings is 2. The molecule has 5 rings (SSSR count). The number of amides is 2. The molecule has 2 fully saturated rings. The van der Waals surface area contributed by atoms with E-state index in [2.05, 4.69) is 15.2 Å². The van der Waals surface area contributed by atoms with E-state index in [-0.39, 0.29) is 42.4 Å². The maximum absolute atomic E-state index is 13.1. The molecule has 29 heavy (non-hydrogen) atoms. The number of rotatable bonds is 4. The highest BCUT2D eigenvalue weighted by Gasteiger charge is 2.41. The Morgan fingerprint density at radius 2 is 1.93 bits per heavy atom. The van der Waals surface area contributed by atoms with Crippen LogP contribution in [-0.2, 0) is 11.2 Å². The average molecular weight is 397 g/mol. The van der Waals surface area contributed by atoms with Gasteiger partial charge in [0.1, 0.15) is 6.26 Å². The van der Waals surface area contributed by atoms with Crippen molar-refractivity contribution in [2.24, 2.45) is 0 Å². The second-order valence-electron chi connectivity index (χ2n) is 7.92. The third-order valence-electron chi connectivity index (χ3n) is 6.06. The number of oxazole rings is 1. The molecule has 8 heteroatoms. The molecule has 3 atom stereocenters. The van der Waals surface area contributed by atoms with Gasteiger partial charge in [0.2, 0.25) is 12.7 Å². The van der Waals surface area contributed by atoms with Gasteiger partial charge in [0.15, 0.2) is 23.6 Å². The lowest BCUT2D eigenvalue weighted by molar-refractivity contribution is -0.140. The first-order chi connectivity index (χ1) is 14.2. The zero-order valence-corrected chi connectivity index (χ0v) is 16.0. The van der Waals surface area contributed by atoms with E-state index in [4.69, 9.17) is 13.9 Å². The second kappa shape index (κ2) is 7.42. The highest BCUT2D eigenvalue weighted by Crippen LogP contribution is 2.36. The standard InChI is InChI=1S/C21H23N3O5/c25-20(7-13-4-5-18-19(6-13)29-12-28-18)24-15-2-1-3-16(24)9-14(8-15)23-21(26)17-10-27-11-22-17/h4-6,10-11,14-16H,1-3,7-9,12H2,(H,23,26)/t14?,15-,16+. The number of nitrogens with zero attached hydrogens (tertiary/aromatic N) is 2. The van der Waals surface area contributed by atoms with Crippen molar-refractivity contribution in [1.82, 2.24) is 15.2 Å². The Balaban J connectivity index is 1.25. The summed E-state index contributed by atoms with van der Waals surface area (Å²) in [5.74, 6) is 1.34. The normalized spacial score (nSPS) is 25.0. The monoisotopic (exact) mass is 397 g/mol. The van der Waals surface area contributed by atoms with Crippen LogP contribution >= 0.6 is 0 Å². The molecule has 0 aliphatic carbocycles. The Morgan fingerprint density at radius 1 is 1.14 bits per heavy atom.